The van der Waals surface area contributed by atoms with E-state index in [1.807, 2.05) is 43.3 Å². The number of rotatable bonds is 4. The van der Waals surface area contributed by atoms with E-state index in [9.17, 15) is 9.59 Å². The van der Waals surface area contributed by atoms with E-state index in [1.54, 1.807) is 12.3 Å². The Labute approximate surface area is 138 Å². The zero-order valence-corrected chi connectivity index (χ0v) is 13.1. The van der Waals surface area contributed by atoms with E-state index in [-0.39, 0.29) is 11.3 Å². The third kappa shape index (κ3) is 3.55. The Hall–Kier alpha value is -3.28. The van der Waals surface area contributed by atoms with Crippen molar-refractivity contribution in [1.82, 2.24) is 14.8 Å². The highest BCUT2D eigenvalue weighted by Crippen LogP contribution is 2.10. The highest BCUT2D eigenvalue weighted by molar-refractivity contribution is 6.02. The van der Waals surface area contributed by atoms with Crippen molar-refractivity contribution in [1.29, 1.82) is 0 Å². The number of carbonyl (C=O) groups excluding carboxylic acids is 1. The van der Waals surface area contributed by atoms with Crippen LogP contribution in [0.4, 0.5) is 5.82 Å². The van der Waals surface area contributed by atoms with E-state index in [4.69, 9.17) is 0 Å². The Morgan fingerprint density at radius 3 is 2.62 bits per heavy atom. The zero-order valence-electron chi connectivity index (χ0n) is 13.1. The number of anilines is 1. The minimum atomic E-state index is -0.404. The van der Waals surface area contributed by atoms with Crippen LogP contribution in [0.1, 0.15) is 21.6 Å². The zero-order chi connectivity index (χ0) is 16.9. The molecule has 6 nitrogen and oxygen atoms in total. The van der Waals surface area contributed by atoms with Crippen molar-refractivity contribution >= 4 is 11.7 Å². The molecule has 0 bridgehead atoms. The second kappa shape index (κ2) is 6.87. The van der Waals surface area contributed by atoms with Crippen LogP contribution < -0.4 is 10.9 Å². The fraction of sp³-hybridized carbons (Fsp3) is 0.111. The fourth-order valence-corrected chi connectivity index (χ4v) is 2.23. The summed E-state index contributed by atoms with van der Waals surface area (Å²) < 4.78 is 1.27. The standard InChI is InChI=1S/C18H16N4O2/c1-13-6-5-11-19-17(13)20-18(24)15-9-10-16(23)22(21-15)12-14-7-3-2-4-8-14/h2-11H,12H2,1H3,(H,19,20,24). The summed E-state index contributed by atoms with van der Waals surface area (Å²) in [6, 6.07) is 15.9. The van der Waals surface area contributed by atoms with Gasteiger partial charge in [0.25, 0.3) is 11.5 Å². The summed E-state index contributed by atoms with van der Waals surface area (Å²) in [6.45, 7) is 2.16. The molecular weight excluding hydrogens is 304 g/mol. The van der Waals surface area contributed by atoms with Crippen molar-refractivity contribution < 1.29 is 4.79 Å². The van der Waals surface area contributed by atoms with Gasteiger partial charge in [-0.2, -0.15) is 5.10 Å². The molecule has 0 aliphatic rings. The van der Waals surface area contributed by atoms with Crippen LogP contribution in [0.25, 0.3) is 0 Å². The van der Waals surface area contributed by atoms with Crippen LogP contribution in [0.5, 0.6) is 0 Å². The smallest absolute Gasteiger partial charge is 0.277 e. The third-order valence-electron chi connectivity index (χ3n) is 3.52. The van der Waals surface area contributed by atoms with Crippen LogP contribution in [0.15, 0.2) is 65.6 Å². The van der Waals surface area contributed by atoms with Gasteiger partial charge in [0.2, 0.25) is 0 Å². The molecule has 0 spiro atoms. The number of pyridine rings is 1. The molecule has 0 saturated carbocycles. The summed E-state index contributed by atoms with van der Waals surface area (Å²) in [5.74, 6) is 0.0729. The topological polar surface area (TPSA) is 76.9 Å². The predicted octanol–water partition coefficient (Wildman–Crippen LogP) is 2.25. The lowest BCUT2D eigenvalue weighted by molar-refractivity contribution is 0.101. The number of hydrogen-bond donors (Lipinski definition) is 1. The summed E-state index contributed by atoms with van der Waals surface area (Å²) in [5, 5.41) is 6.87. The first kappa shape index (κ1) is 15.6. The molecular formula is C18H16N4O2. The Bertz CT molecular complexity index is 920. The number of nitrogens with zero attached hydrogens (tertiary/aromatic N) is 3. The third-order valence-corrected chi connectivity index (χ3v) is 3.52. The van der Waals surface area contributed by atoms with Gasteiger partial charge in [-0.3, -0.25) is 9.59 Å². The molecule has 2 aromatic heterocycles. The van der Waals surface area contributed by atoms with E-state index in [0.29, 0.717) is 12.4 Å². The van der Waals surface area contributed by atoms with Crippen molar-refractivity contribution in [3.8, 4) is 0 Å². The Morgan fingerprint density at radius 2 is 1.88 bits per heavy atom. The second-order valence-electron chi connectivity index (χ2n) is 5.32. The van der Waals surface area contributed by atoms with Crippen molar-refractivity contribution in [2.24, 2.45) is 0 Å². The van der Waals surface area contributed by atoms with Crippen LogP contribution in [0, 0.1) is 6.92 Å². The summed E-state index contributed by atoms with van der Waals surface area (Å²) in [4.78, 5) is 28.4. The molecule has 1 N–H and O–H groups in total. The van der Waals surface area contributed by atoms with Crippen LogP contribution >= 0.6 is 0 Å². The Morgan fingerprint density at radius 1 is 1.08 bits per heavy atom. The average Bonchev–Trinajstić information content (AvgIpc) is 2.60. The molecule has 0 fully saturated rings. The lowest BCUT2D eigenvalue weighted by atomic mass is 10.2. The number of nitrogens with one attached hydrogen (secondary N) is 1. The second-order valence-corrected chi connectivity index (χ2v) is 5.32. The maximum absolute atomic E-state index is 12.4. The van der Waals surface area contributed by atoms with Crippen molar-refractivity contribution in [2.45, 2.75) is 13.5 Å². The van der Waals surface area contributed by atoms with Crippen LogP contribution in [-0.4, -0.2) is 20.7 Å². The van der Waals surface area contributed by atoms with Gasteiger partial charge in [-0.15, -0.1) is 0 Å². The minimum Gasteiger partial charge on any atom is -0.305 e. The average molecular weight is 320 g/mol. The predicted molar refractivity (Wildman–Crippen MR) is 91.0 cm³/mol. The van der Waals surface area contributed by atoms with Crippen molar-refractivity contribution in [3.05, 3.63) is 88.0 Å². The van der Waals surface area contributed by atoms with Crippen LogP contribution in [0.3, 0.4) is 0 Å². The monoisotopic (exact) mass is 320 g/mol. The lowest BCUT2D eigenvalue weighted by Gasteiger charge is -2.09. The van der Waals surface area contributed by atoms with E-state index < -0.39 is 5.91 Å². The van der Waals surface area contributed by atoms with Crippen molar-refractivity contribution in [2.75, 3.05) is 5.32 Å². The molecule has 120 valence electrons. The highest BCUT2D eigenvalue weighted by Gasteiger charge is 2.12. The van der Waals surface area contributed by atoms with Gasteiger partial charge < -0.3 is 5.32 Å². The Balaban J connectivity index is 1.84. The molecule has 1 aromatic carbocycles. The van der Waals surface area contributed by atoms with Crippen LogP contribution in [0.2, 0.25) is 0 Å². The lowest BCUT2D eigenvalue weighted by Crippen LogP contribution is -2.26. The molecule has 2 heterocycles. The molecule has 24 heavy (non-hydrogen) atoms. The van der Waals surface area contributed by atoms with Gasteiger partial charge in [-0.05, 0) is 30.2 Å². The van der Waals surface area contributed by atoms with Crippen molar-refractivity contribution in [3.63, 3.8) is 0 Å². The van der Waals surface area contributed by atoms with Gasteiger partial charge in [0.05, 0.1) is 6.54 Å². The quantitative estimate of drug-likeness (QED) is 0.800. The molecule has 1 amide bonds. The molecule has 0 aliphatic heterocycles. The molecule has 0 unspecified atom stereocenters. The molecule has 3 aromatic rings. The summed E-state index contributed by atoms with van der Waals surface area (Å²) in [7, 11) is 0. The SMILES string of the molecule is Cc1cccnc1NC(=O)c1ccc(=O)n(Cc2ccccc2)n1. The highest BCUT2D eigenvalue weighted by atomic mass is 16.2. The first-order valence-corrected chi connectivity index (χ1v) is 7.48. The number of carbonyl (C=O) groups is 1. The van der Waals surface area contributed by atoms with Gasteiger partial charge in [0, 0.05) is 12.3 Å². The van der Waals surface area contributed by atoms with Gasteiger partial charge in [0.1, 0.15) is 11.5 Å². The maximum atomic E-state index is 12.4. The summed E-state index contributed by atoms with van der Waals surface area (Å²) in [6.07, 6.45) is 1.60. The normalized spacial score (nSPS) is 10.4. The number of hydrogen-bond acceptors (Lipinski definition) is 4. The minimum absolute atomic E-state index is 0.163. The molecule has 0 saturated heterocycles. The first-order chi connectivity index (χ1) is 11.6. The number of aromatic nitrogens is 3. The molecule has 0 aliphatic carbocycles. The molecule has 0 atom stereocenters. The van der Waals surface area contributed by atoms with Gasteiger partial charge in [0.15, 0.2) is 0 Å². The maximum Gasteiger partial charge on any atom is 0.277 e. The Kier molecular flexibility index (Phi) is 4.47. The van der Waals surface area contributed by atoms with Gasteiger partial charge >= 0.3 is 0 Å². The van der Waals surface area contributed by atoms with E-state index in [2.05, 4.69) is 15.4 Å². The molecule has 3 rings (SSSR count). The molecule has 6 heteroatoms. The van der Waals surface area contributed by atoms with Crippen LogP contribution in [-0.2, 0) is 6.54 Å². The van der Waals surface area contributed by atoms with E-state index in [1.165, 1.54) is 16.8 Å². The fourth-order valence-electron chi connectivity index (χ4n) is 2.23. The van der Waals surface area contributed by atoms with Gasteiger partial charge in [-0.25, -0.2) is 9.67 Å². The first-order valence-electron chi connectivity index (χ1n) is 7.48. The number of aryl methyl sites for hydroxylation is 1. The number of benzene rings is 1. The summed E-state index contributed by atoms with van der Waals surface area (Å²) in [5.41, 5.74) is 1.69. The molecule has 0 radical (unpaired) electrons. The summed E-state index contributed by atoms with van der Waals surface area (Å²) >= 11 is 0. The number of amides is 1. The van der Waals surface area contributed by atoms with Gasteiger partial charge in [-0.1, -0.05) is 36.4 Å². The van der Waals surface area contributed by atoms with E-state index >= 15 is 0 Å². The largest absolute Gasteiger partial charge is 0.305 e. The van der Waals surface area contributed by atoms with E-state index in [0.717, 1.165) is 11.1 Å².